The van der Waals surface area contributed by atoms with Crippen LogP contribution in [0.5, 0.6) is 0 Å². The minimum absolute atomic E-state index is 0.0109. The van der Waals surface area contributed by atoms with Crippen LogP contribution in [0.2, 0.25) is 10.0 Å². The third kappa shape index (κ3) is 3.44. The molecule has 8 nitrogen and oxygen atoms in total. The summed E-state index contributed by atoms with van der Waals surface area (Å²) in [5, 5.41) is 11.7. The molecule has 1 heterocycles. The number of hydrogen-bond donors (Lipinski definition) is 2. The van der Waals surface area contributed by atoms with Gasteiger partial charge in [0.15, 0.2) is 6.04 Å². The van der Waals surface area contributed by atoms with Gasteiger partial charge in [0.05, 0.1) is 6.54 Å². The van der Waals surface area contributed by atoms with Crippen LogP contribution in [0.15, 0.2) is 18.2 Å². The van der Waals surface area contributed by atoms with E-state index in [4.69, 9.17) is 23.2 Å². The molecule has 1 aliphatic rings. The van der Waals surface area contributed by atoms with Gasteiger partial charge in [0.25, 0.3) is 0 Å². The van der Waals surface area contributed by atoms with E-state index in [0.717, 1.165) is 9.80 Å². The summed E-state index contributed by atoms with van der Waals surface area (Å²) in [6.07, 6.45) is 0. The summed E-state index contributed by atoms with van der Waals surface area (Å²) in [4.78, 5) is 48.7. The lowest BCUT2D eigenvalue weighted by atomic mass is 10.1. The quantitative estimate of drug-likeness (QED) is 0.843. The monoisotopic (exact) mass is 373 g/mol. The summed E-state index contributed by atoms with van der Waals surface area (Å²) in [6.45, 7) is 1.21. The number of nitrogens with zero attached hydrogens (tertiary/aromatic N) is 2. The number of urea groups is 2. The molecular weight excluding hydrogens is 361 g/mol. The highest BCUT2D eigenvalue weighted by Gasteiger charge is 2.37. The molecule has 24 heavy (non-hydrogen) atoms. The molecule has 0 saturated carbocycles. The normalized spacial score (nSPS) is 15.4. The topological polar surface area (TPSA) is 107 Å². The van der Waals surface area contributed by atoms with Gasteiger partial charge in [-0.1, -0.05) is 29.3 Å². The largest absolute Gasteiger partial charge is 0.479 e. The van der Waals surface area contributed by atoms with E-state index < -0.39 is 30.0 Å². The molecule has 128 valence electrons. The summed E-state index contributed by atoms with van der Waals surface area (Å²) in [5.41, 5.74) is 0.0109. The molecule has 10 heteroatoms. The number of imide groups is 2. The van der Waals surface area contributed by atoms with Crippen molar-refractivity contribution in [2.24, 2.45) is 0 Å². The van der Waals surface area contributed by atoms with Gasteiger partial charge in [-0.2, -0.15) is 0 Å². The molecule has 0 spiro atoms. The van der Waals surface area contributed by atoms with E-state index in [2.05, 4.69) is 5.32 Å². The average molecular weight is 374 g/mol. The van der Waals surface area contributed by atoms with E-state index >= 15 is 0 Å². The van der Waals surface area contributed by atoms with Crippen molar-refractivity contribution < 1.29 is 24.3 Å². The fraction of sp³-hybridized carbons (Fsp3) is 0.286. The molecule has 1 aromatic rings. The molecule has 1 aromatic carbocycles. The summed E-state index contributed by atoms with van der Waals surface area (Å²) >= 11 is 11.9. The fourth-order valence-electron chi connectivity index (χ4n) is 2.26. The second-order valence-electron chi connectivity index (χ2n) is 4.96. The van der Waals surface area contributed by atoms with Crippen LogP contribution in [-0.2, 0) is 9.59 Å². The molecule has 1 unspecified atom stereocenters. The van der Waals surface area contributed by atoms with Crippen molar-refractivity contribution in [3.8, 4) is 0 Å². The molecule has 0 aromatic heterocycles. The Labute approximate surface area is 146 Å². The van der Waals surface area contributed by atoms with E-state index in [1.165, 1.54) is 25.1 Å². The van der Waals surface area contributed by atoms with Crippen molar-refractivity contribution in [1.29, 1.82) is 0 Å². The predicted molar refractivity (Wildman–Crippen MR) is 84.9 cm³/mol. The lowest BCUT2D eigenvalue weighted by Crippen LogP contribution is -2.46. The number of carboxylic acids is 1. The zero-order valence-corrected chi connectivity index (χ0v) is 14.0. The SMILES string of the molecule is CC(=O)N1CCN(C(=O)NC(C(=O)O)c2c(Cl)cccc2Cl)C1=O. The van der Waals surface area contributed by atoms with Gasteiger partial charge in [0, 0.05) is 29.1 Å². The number of halogens is 2. The lowest BCUT2D eigenvalue weighted by molar-refractivity contribution is -0.139. The first kappa shape index (κ1) is 18.0. The number of carbonyl (C=O) groups excluding carboxylic acids is 3. The first-order valence-electron chi connectivity index (χ1n) is 6.80. The Morgan fingerprint density at radius 2 is 1.71 bits per heavy atom. The van der Waals surface area contributed by atoms with Crippen LogP contribution in [0.25, 0.3) is 0 Å². The maximum atomic E-state index is 12.2. The Morgan fingerprint density at radius 3 is 2.17 bits per heavy atom. The maximum Gasteiger partial charge on any atom is 0.334 e. The highest BCUT2D eigenvalue weighted by atomic mass is 35.5. The van der Waals surface area contributed by atoms with Crippen LogP contribution in [0.3, 0.4) is 0 Å². The molecule has 5 amide bonds. The average Bonchev–Trinajstić information content (AvgIpc) is 2.87. The molecule has 0 aliphatic carbocycles. The predicted octanol–water partition coefficient (Wildman–Crippen LogP) is 2.11. The van der Waals surface area contributed by atoms with Gasteiger partial charge < -0.3 is 10.4 Å². The fourth-order valence-corrected chi connectivity index (χ4v) is 2.88. The van der Waals surface area contributed by atoms with Gasteiger partial charge in [-0.15, -0.1) is 0 Å². The molecule has 1 aliphatic heterocycles. The van der Waals surface area contributed by atoms with Crippen molar-refractivity contribution in [3.63, 3.8) is 0 Å². The van der Waals surface area contributed by atoms with Crippen LogP contribution in [0.4, 0.5) is 9.59 Å². The Morgan fingerprint density at radius 1 is 1.17 bits per heavy atom. The molecule has 0 radical (unpaired) electrons. The van der Waals surface area contributed by atoms with Gasteiger partial charge in [-0.25, -0.2) is 19.3 Å². The summed E-state index contributed by atoms with van der Waals surface area (Å²) < 4.78 is 0. The number of hydrogen-bond acceptors (Lipinski definition) is 4. The van der Waals surface area contributed by atoms with Crippen molar-refractivity contribution in [2.75, 3.05) is 13.1 Å². The molecule has 0 bridgehead atoms. The molecular formula is C14H13Cl2N3O5. The number of nitrogens with one attached hydrogen (secondary N) is 1. The number of carbonyl (C=O) groups is 4. The first-order valence-corrected chi connectivity index (χ1v) is 7.56. The van der Waals surface area contributed by atoms with Crippen molar-refractivity contribution >= 4 is 47.1 Å². The van der Waals surface area contributed by atoms with E-state index in [0.29, 0.717) is 0 Å². The van der Waals surface area contributed by atoms with Gasteiger partial charge in [0.1, 0.15) is 0 Å². The Bertz CT molecular complexity index is 704. The Kier molecular flexibility index (Phi) is 5.30. The zero-order valence-electron chi connectivity index (χ0n) is 12.5. The second-order valence-corrected chi connectivity index (χ2v) is 5.78. The van der Waals surface area contributed by atoms with E-state index in [-0.39, 0.29) is 28.7 Å². The number of carboxylic acid groups (broad SMARTS) is 1. The lowest BCUT2D eigenvalue weighted by Gasteiger charge is -2.21. The third-order valence-corrected chi connectivity index (χ3v) is 4.10. The maximum absolute atomic E-state index is 12.2. The molecule has 1 saturated heterocycles. The summed E-state index contributed by atoms with van der Waals surface area (Å²) in [5.74, 6) is -1.90. The zero-order chi connectivity index (χ0) is 18.0. The van der Waals surface area contributed by atoms with Gasteiger partial charge in [0.2, 0.25) is 5.91 Å². The summed E-state index contributed by atoms with van der Waals surface area (Å²) in [7, 11) is 0. The van der Waals surface area contributed by atoms with Gasteiger partial charge in [-0.05, 0) is 12.1 Å². The van der Waals surface area contributed by atoms with Crippen molar-refractivity contribution in [2.45, 2.75) is 13.0 Å². The highest BCUT2D eigenvalue weighted by molar-refractivity contribution is 6.36. The van der Waals surface area contributed by atoms with Crippen LogP contribution in [-0.4, -0.2) is 51.9 Å². The minimum Gasteiger partial charge on any atom is -0.479 e. The van der Waals surface area contributed by atoms with Gasteiger partial charge >= 0.3 is 18.0 Å². The second kappa shape index (κ2) is 7.06. The molecule has 2 rings (SSSR count). The van der Waals surface area contributed by atoms with E-state index in [1.807, 2.05) is 0 Å². The standard InChI is InChI=1S/C14H13Cl2N3O5/c1-7(20)18-5-6-19(14(18)24)13(23)17-11(12(21)22)10-8(15)3-2-4-9(10)16/h2-4,11H,5-6H2,1H3,(H,17,23)(H,21,22). The van der Waals surface area contributed by atoms with Crippen LogP contribution < -0.4 is 5.32 Å². The van der Waals surface area contributed by atoms with Crippen molar-refractivity contribution in [1.82, 2.24) is 15.1 Å². The highest BCUT2D eigenvalue weighted by Crippen LogP contribution is 2.30. The molecule has 1 fully saturated rings. The van der Waals surface area contributed by atoms with Crippen molar-refractivity contribution in [3.05, 3.63) is 33.8 Å². The smallest absolute Gasteiger partial charge is 0.334 e. The number of benzene rings is 1. The van der Waals surface area contributed by atoms with Crippen LogP contribution in [0.1, 0.15) is 18.5 Å². The Hall–Kier alpha value is -2.32. The first-order chi connectivity index (χ1) is 11.2. The van der Waals surface area contributed by atoms with Crippen LogP contribution in [0, 0.1) is 0 Å². The minimum atomic E-state index is -1.54. The molecule has 2 N–H and O–H groups in total. The van der Waals surface area contributed by atoms with Gasteiger partial charge in [-0.3, -0.25) is 9.69 Å². The van der Waals surface area contributed by atoms with E-state index in [9.17, 15) is 24.3 Å². The molecule has 1 atom stereocenters. The number of aliphatic carboxylic acids is 1. The van der Waals surface area contributed by atoms with E-state index in [1.54, 1.807) is 0 Å². The third-order valence-electron chi connectivity index (χ3n) is 3.44. The number of amides is 5. The van der Waals surface area contributed by atoms with Crippen LogP contribution >= 0.6 is 23.2 Å². The summed E-state index contributed by atoms with van der Waals surface area (Å²) in [6, 6.07) is 1.09. The number of rotatable bonds is 3. The Balaban J connectivity index is 2.23.